The highest BCUT2D eigenvalue weighted by Crippen LogP contribution is 2.38. The molecule has 0 fully saturated rings. The maximum Gasteiger partial charge on any atom is 0.269 e. The minimum absolute atomic E-state index is 0.395. The van der Waals surface area contributed by atoms with Gasteiger partial charge in [0.2, 0.25) is 0 Å². The Hall–Kier alpha value is -6.37. The van der Waals surface area contributed by atoms with E-state index in [0.29, 0.717) is 5.92 Å². The molecule has 9 rings (SSSR count). The summed E-state index contributed by atoms with van der Waals surface area (Å²) in [4.78, 5) is 9.31. The Bertz CT molecular complexity index is 2640. The van der Waals surface area contributed by atoms with Gasteiger partial charge in [0.1, 0.15) is 17.8 Å². The van der Waals surface area contributed by atoms with Crippen molar-refractivity contribution in [2.45, 2.75) is 19.8 Å². The van der Waals surface area contributed by atoms with Crippen LogP contribution in [0, 0.1) is 6.33 Å². The quantitative estimate of drug-likeness (QED) is 0.118. The van der Waals surface area contributed by atoms with Gasteiger partial charge >= 0.3 is 0 Å². The smallest absolute Gasteiger partial charge is 0.269 e. The van der Waals surface area contributed by atoms with Gasteiger partial charge in [0, 0.05) is 5.56 Å². The Balaban J connectivity index is 1.13. The molecule has 3 aromatic heterocycles. The number of para-hydroxylation sites is 3. The normalized spacial score (nSPS) is 11.4. The van der Waals surface area contributed by atoms with E-state index >= 15 is 0 Å². The lowest BCUT2D eigenvalue weighted by Crippen LogP contribution is -2.31. The molecule has 52 heavy (non-hydrogen) atoms. The van der Waals surface area contributed by atoms with Gasteiger partial charge in [0.05, 0.1) is 38.3 Å². The van der Waals surface area contributed by atoms with E-state index in [9.17, 15) is 0 Å². The monoisotopic (exact) mass is 690 g/mol. The van der Waals surface area contributed by atoms with Crippen LogP contribution >= 0.6 is 11.3 Å². The van der Waals surface area contributed by atoms with Crippen molar-refractivity contribution in [2.24, 2.45) is 0 Å². The topological polar surface area (TPSA) is 43.8 Å². The molecule has 5 nitrogen and oxygen atoms in total. The molecule has 250 valence electrons. The van der Waals surface area contributed by atoms with Gasteiger partial charge < -0.3 is 4.74 Å². The summed E-state index contributed by atoms with van der Waals surface area (Å²) in [6, 6.07) is 52.5. The van der Waals surface area contributed by atoms with Crippen LogP contribution in [-0.2, 0) is 0 Å². The van der Waals surface area contributed by atoms with Gasteiger partial charge in [0.25, 0.3) is 6.33 Å². The van der Waals surface area contributed by atoms with Crippen molar-refractivity contribution in [3.05, 3.63) is 175 Å². The van der Waals surface area contributed by atoms with Crippen LogP contribution in [-0.4, -0.2) is 14.5 Å². The number of imidazole rings is 1. The third-order valence-corrected chi connectivity index (χ3v) is 10.4. The average Bonchev–Trinajstić information content (AvgIpc) is 3.81. The van der Waals surface area contributed by atoms with Crippen molar-refractivity contribution in [1.82, 2.24) is 14.5 Å². The summed E-state index contributed by atoms with van der Waals surface area (Å²) < 4.78 is 12.0. The molecule has 3 heterocycles. The standard InChI is InChI=1S/C46H34N4OS/c1-31(2)40-28-52-46-43(47-29-48-44(40)46)34-18-11-20-36(26-34)51-37-21-12-19-35(27-37)49-30-50(42-25-10-9-24-41(42)49)45-38(32-14-5-3-6-15-32)22-13-23-39(45)33-16-7-4-8-17-33/h3-29,31H,1-2H3. The molecule has 0 unspecified atom stereocenters. The molecule has 6 aromatic carbocycles. The molecule has 0 aliphatic carbocycles. The molecule has 6 heteroatoms. The van der Waals surface area contributed by atoms with Crippen LogP contribution in [0.4, 0.5) is 0 Å². The van der Waals surface area contributed by atoms with E-state index < -0.39 is 0 Å². The van der Waals surface area contributed by atoms with E-state index in [1.165, 1.54) is 5.56 Å². The van der Waals surface area contributed by atoms with Crippen LogP contribution in [0.25, 0.3) is 66.1 Å². The summed E-state index contributed by atoms with van der Waals surface area (Å²) in [6.45, 7) is 4.40. The lowest BCUT2D eigenvalue weighted by molar-refractivity contribution is -0.571. The molecule has 0 N–H and O–H groups in total. The number of thiophene rings is 1. The largest absolute Gasteiger partial charge is 0.458 e. The molecule has 0 atom stereocenters. The van der Waals surface area contributed by atoms with Crippen LogP contribution < -0.4 is 9.30 Å². The second-order valence-electron chi connectivity index (χ2n) is 13.1. The Morgan fingerprint density at radius 1 is 0.654 bits per heavy atom. The molecule has 9 aromatic rings. The van der Waals surface area contributed by atoms with E-state index in [0.717, 1.165) is 77.6 Å². The highest BCUT2D eigenvalue weighted by atomic mass is 32.1. The summed E-state index contributed by atoms with van der Waals surface area (Å²) >= 11 is 1.70. The van der Waals surface area contributed by atoms with Crippen LogP contribution in [0.1, 0.15) is 25.3 Å². The predicted molar refractivity (Wildman–Crippen MR) is 212 cm³/mol. The summed E-state index contributed by atoms with van der Waals surface area (Å²) in [6.07, 6.45) is 5.42. The van der Waals surface area contributed by atoms with Gasteiger partial charge in [-0.3, -0.25) is 9.13 Å². The molecule has 0 spiro atoms. The first-order chi connectivity index (χ1) is 25.6. The summed E-state index contributed by atoms with van der Waals surface area (Å²) in [5.74, 6) is 1.86. The van der Waals surface area contributed by atoms with Gasteiger partial charge in [-0.15, -0.1) is 11.3 Å². The second kappa shape index (κ2) is 13.4. The van der Waals surface area contributed by atoms with Gasteiger partial charge in [-0.1, -0.05) is 135 Å². The summed E-state index contributed by atoms with van der Waals surface area (Å²) in [5, 5.41) is 2.20. The zero-order chi connectivity index (χ0) is 35.0. The highest BCUT2D eigenvalue weighted by Gasteiger charge is 2.20. The SMILES string of the molecule is CC(C)c1csc2c(-c3cccc(Oc4cccc(-n5[c-][n+](-c6c(-c7ccccc7)cccc6-c6ccccc6)c6ccccc65)c4)c3)ncnc12. The molecule has 0 aliphatic rings. The number of ether oxygens (including phenoxy) is 1. The Morgan fingerprint density at radius 2 is 1.29 bits per heavy atom. The molecular formula is C46H34N4OS. The lowest BCUT2D eigenvalue weighted by atomic mass is 9.95. The lowest BCUT2D eigenvalue weighted by Gasteiger charge is -2.17. The number of aromatic nitrogens is 4. The van der Waals surface area contributed by atoms with Crippen LogP contribution in [0.2, 0.25) is 0 Å². The minimum atomic E-state index is 0.395. The van der Waals surface area contributed by atoms with E-state index in [2.05, 4.69) is 167 Å². The molecular weight excluding hydrogens is 657 g/mol. The highest BCUT2D eigenvalue weighted by molar-refractivity contribution is 7.17. The molecule has 0 bridgehead atoms. The fraction of sp³-hybridized carbons (Fsp3) is 0.0652. The predicted octanol–water partition coefficient (Wildman–Crippen LogP) is 11.6. The van der Waals surface area contributed by atoms with Crippen molar-refractivity contribution in [3.63, 3.8) is 0 Å². The molecule has 0 aliphatic heterocycles. The maximum atomic E-state index is 6.54. The van der Waals surface area contributed by atoms with Crippen molar-refractivity contribution >= 4 is 32.6 Å². The second-order valence-corrected chi connectivity index (χ2v) is 13.9. The van der Waals surface area contributed by atoms with Crippen molar-refractivity contribution in [3.8, 4) is 56.4 Å². The van der Waals surface area contributed by atoms with Gasteiger partial charge in [-0.25, -0.2) is 9.97 Å². The fourth-order valence-corrected chi connectivity index (χ4v) is 8.11. The molecule has 0 saturated carbocycles. The fourth-order valence-electron chi connectivity index (χ4n) is 6.92. The number of benzene rings is 6. The zero-order valence-corrected chi connectivity index (χ0v) is 29.6. The van der Waals surface area contributed by atoms with Crippen molar-refractivity contribution in [2.75, 3.05) is 0 Å². The number of nitrogens with zero attached hydrogens (tertiary/aromatic N) is 4. The third-order valence-electron chi connectivity index (χ3n) is 9.41. The Labute approximate surface area is 306 Å². The molecule has 0 saturated heterocycles. The van der Waals surface area contributed by atoms with Gasteiger partial charge in [0.15, 0.2) is 0 Å². The number of fused-ring (bicyclic) bond motifs is 2. The summed E-state index contributed by atoms with van der Waals surface area (Å²) in [5.41, 5.74) is 12.9. The zero-order valence-electron chi connectivity index (χ0n) is 28.8. The van der Waals surface area contributed by atoms with Crippen LogP contribution in [0.5, 0.6) is 11.5 Å². The Morgan fingerprint density at radius 3 is 2.02 bits per heavy atom. The van der Waals surface area contributed by atoms with Gasteiger partial charge in [-0.05, 0) is 69.4 Å². The first kappa shape index (κ1) is 31.6. The van der Waals surface area contributed by atoms with E-state index in [1.54, 1.807) is 17.7 Å². The van der Waals surface area contributed by atoms with Crippen LogP contribution in [0.3, 0.4) is 0 Å². The Kier molecular flexibility index (Phi) is 8.14. The summed E-state index contributed by atoms with van der Waals surface area (Å²) in [7, 11) is 0. The number of hydrogen-bond acceptors (Lipinski definition) is 4. The first-order valence-electron chi connectivity index (χ1n) is 17.4. The first-order valence-corrected chi connectivity index (χ1v) is 18.3. The third kappa shape index (κ3) is 5.73. The van der Waals surface area contributed by atoms with Crippen molar-refractivity contribution in [1.29, 1.82) is 0 Å². The average molecular weight is 691 g/mol. The van der Waals surface area contributed by atoms with E-state index in [4.69, 9.17) is 9.72 Å². The molecule has 0 amide bonds. The van der Waals surface area contributed by atoms with Crippen molar-refractivity contribution < 1.29 is 9.30 Å². The van der Waals surface area contributed by atoms with E-state index in [1.807, 2.05) is 24.3 Å². The van der Waals surface area contributed by atoms with Gasteiger partial charge in [-0.2, -0.15) is 0 Å². The maximum absolute atomic E-state index is 6.54. The van der Waals surface area contributed by atoms with E-state index in [-0.39, 0.29) is 0 Å². The van der Waals surface area contributed by atoms with Crippen LogP contribution in [0.15, 0.2) is 163 Å². The number of rotatable bonds is 8. The minimum Gasteiger partial charge on any atom is -0.458 e. The number of hydrogen-bond donors (Lipinski definition) is 0. The molecule has 0 radical (unpaired) electrons.